The number of aromatic nitrogens is 2. The number of carbonyl (C=O) groups is 1. The van der Waals surface area contributed by atoms with Crippen LogP contribution >= 0.6 is 0 Å². The summed E-state index contributed by atoms with van der Waals surface area (Å²) in [7, 11) is 0. The number of anilines is 3. The number of hydrogen-bond acceptors (Lipinski definition) is 5. The number of nitrogens with one attached hydrogen (secondary N) is 2. The first kappa shape index (κ1) is 14.8. The van der Waals surface area contributed by atoms with Crippen molar-refractivity contribution in [3.63, 3.8) is 0 Å². The van der Waals surface area contributed by atoms with E-state index in [1.54, 1.807) is 24.3 Å². The average Bonchev–Trinajstić information content (AvgIpc) is 2.55. The molecule has 1 aromatic heterocycles. The third-order valence-corrected chi connectivity index (χ3v) is 3.31. The molecule has 0 radical (unpaired) electrons. The van der Waals surface area contributed by atoms with Crippen LogP contribution in [0.5, 0.6) is 0 Å². The van der Waals surface area contributed by atoms with Gasteiger partial charge in [0.1, 0.15) is 5.82 Å². The minimum atomic E-state index is -0.971. The van der Waals surface area contributed by atoms with Crippen molar-refractivity contribution in [2.45, 2.75) is 6.92 Å². The summed E-state index contributed by atoms with van der Waals surface area (Å²) in [6.45, 7) is 2.75. The van der Waals surface area contributed by atoms with Crippen molar-refractivity contribution >= 4 is 34.3 Å². The molecule has 0 spiro atoms. The Hall–Kier alpha value is -3.15. The number of para-hydroxylation sites is 1. The predicted molar refractivity (Wildman–Crippen MR) is 90.4 cm³/mol. The second-order valence-electron chi connectivity index (χ2n) is 4.95. The van der Waals surface area contributed by atoms with E-state index >= 15 is 0 Å². The van der Waals surface area contributed by atoms with Gasteiger partial charge >= 0.3 is 5.97 Å². The number of carboxylic acids is 1. The fourth-order valence-corrected chi connectivity index (χ4v) is 2.29. The molecule has 3 N–H and O–H groups in total. The largest absolute Gasteiger partial charge is 0.478 e. The number of rotatable bonds is 5. The highest BCUT2D eigenvalue weighted by molar-refractivity contribution is 5.91. The van der Waals surface area contributed by atoms with E-state index in [2.05, 4.69) is 20.6 Å². The second-order valence-corrected chi connectivity index (χ2v) is 4.95. The Morgan fingerprint density at radius 3 is 2.74 bits per heavy atom. The van der Waals surface area contributed by atoms with E-state index in [1.807, 2.05) is 31.2 Å². The van der Waals surface area contributed by atoms with Crippen molar-refractivity contribution in [1.29, 1.82) is 0 Å². The van der Waals surface area contributed by atoms with Crippen LogP contribution in [0.1, 0.15) is 17.3 Å². The van der Waals surface area contributed by atoms with Crippen LogP contribution in [0.2, 0.25) is 0 Å². The maximum atomic E-state index is 11.1. The smallest absolute Gasteiger partial charge is 0.335 e. The number of benzene rings is 2. The molecule has 116 valence electrons. The van der Waals surface area contributed by atoms with Crippen LogP contribution in [0.15, 0.2) is 48.5 Å². The summed E-state index contributed by atoms with van der Waals surface area (Å²) in [5.74, 6) is 0.193. The summed E-state index contributed by atoms with van der Waals surface area (Å²) in [5.41, 5.74) is 1.65. The van der Waals surface area contributed by atoms with Gasteiger partial charge in [0.25, 0.3) is 0 Å². The van der Waals surface area contributed by atoms with Crippen molar-refractivity contribution in [3.8, 4) is 0 Å². The number of carboxylic acid groups (broad SMARTS) is 1. The highest BCUT2D eigenvalue weighted by Gasteiger charge is 2.08. The maximum Gasteiger partial charge on any atom is 0.335 e. The SMILES string of the molecule is CCNc1nc(Nc2cccc(C(=O)O)c2)nc2ccccc12. The highest BCUT2D eigenvalue weighted by Crippen LogP contribution is 2.23. The van der Waals surface area contributed by atoms with Crippen molar-refractivity contribution in [3.05, 3.63) is 54.1 Å². The van der Waals surface area contributed by atoms with Crippen molar-refractivity contribution < 1.29 is 9.90 Å². The number of fused-ring (bicyclic) bond motifs is 1. The van der Waals surface area contributed by atoms with Crippen LogP contribution in [0.25, 0.3) is 10.9 Å². The van der Waals surface area contributed by atoms with Crippen LogP contribution in [0.3, 0.4) is 0 Å². The molecule has 0 bridgehead atoms. The molecule has 0 fully saturated rings. The zero-order valence-electron chi connectivity index (χ0n) is 12.6. The van der Waals surface area contributed by atoms with Crippen LogP contribution in [0.4, 0.5) is 17.5 Å². The van der Waals surface area contributed by atoms with E-state index in [4.69, 9.17) is 5.11 Å². The number of hydrogen-bond donors (Lipinski definition) is 3. The number of aromatic carboxylic acids is 1. The minimum absolute atomic E-state index is 0.211. The molecule has 0 aliphatic rings. The van der Waals surface area contributed by atoms with E-state index in [1.165, 1.54) is 0 Å². The Morgan fingerprint density at radius 2 is 1.96 bits per heavy atom. The molecule has 0 saturated heterocycles. The van der Waals surface area contributed by atoms with Crippen molar-refractivity contribution in [1.82, 2.24) is 9.97 Å². The molecule has 1 heterocycles. The molecule has 3 rings (SSSR count). The van der Waals surface area contributed by atoms with Crippen molar-refractivity contribution in [2.75, 3.05) is 17.2 Å². The topological polar surface area (TPSA) is 87.1 Å². The van der Waals surface area contributed by atoms with Gasteiger partial charge in [0, 0.05) is 17.6 Å². The molecule has 6 heteroatoms. The lowest BCUT2D eigenvalue weighted by molar-refractivity contribution is 0.0697. The first-order valence-electron chi connectivity index (χ1n) is 7.28. The van der Waals surface area contributed by atoms with Gasteiger partial charge < -0.3 is 15.7 Å². The zero-order chi connectivity index (χ0) is 16.2. The van der Waals surface area contributed by atoms with Gasteiger partial charge in [-0.2, -0.15) is 4.98 Å². The van der Waals surface area contributed by atoms with Gasteiger partial charge in [0.05, 0.1) is 11.1 Å². The maximum absolute atomic E-state index is 11.1. The monoisotopic (exact) mass is 308 g/mol. The third-order valence-electron chi connectivity index (χ3n) is 3.31. The summed E-state index contributed by atoms with van der Waals surface area (Å²) in [5, 5.41) is 16.3. The molecular weight excluding hydrogens is 292 g/mol. The molecule has 0 aliphatic heterocycles. The summed E-state index contributed by atoms with van der Waals surface area (Å²) >= 11 is 0. The van der Waals surface area contributed by atoms with E-state index < -0.39 is 5.97 Å². The van der Waals surface area contributed by atoms with Gasteiger partial charge in [-0.3, -0.25) is 0 Å². The molecule has 0 saturated carbocycles. The van der Waals surface area contributed by atoms with Crippen LogP contribution in [0, 0.1) is 0 Å². The normalized spacial score (nSPS) is 10.5. The lowest BCUT2D eigenvalue weighted by Crippen LogP contribution is -2.05. The molecule has 2 aromatic carbocycles. The fourth-order valence-electron chi connectivity index (χ4n) is 2.29. The van der Waals surface area contributed by atoms with Gasteiger partial charge in [0.2, 0.25) is 5.95 Å². The summed E-state index contributed by atoms with van der Waals surface area (Å²) in [6, 6.07) is 14.3. The molecule has 0 atom stereocenters. The highest BCUT2D eigenvalue weighted by atomic mass is 16.4. The molecule has 3 aromatic rings. The lowest BCUT2D eigenvalue weighted by atomic mass is 10.2. The Bertz CT molecular complexity index is 864. The summed E-state index contributed by atoms with van der Waals surface area (Å²) in [4.78, 5) is 20.0. The minimum Gasteiger partial charge on any atom is -0.478 e. The third kappa shape index (κ3) is 3.21. The Balaban J connectivity index is 1.99. The van der Waals surface area contributed by atoms with E-state index in [-0.39, 0.29) is 5.56 Å². The van der Waals surface area contributed by atoms with Gasteiger partial charge in [-0.25, -0.2) is 9.78 Å². The molecule has 0 amide bonds. The predicted octanol–water partition coefficient (Wildman–Crippen LogP) is 3.50. The first-order chi connectivity index (χ1) is 11.2. The average molecular weight is 308 g/mol. The Labute approximate surface area is 133 Å². The quantitative estimate of drug-likeness (QED) is 0.668. The van der Waals surface area contributed by atoms with Crippen molar-refractivity contribution in [2.24, 2.45) is 0 Å². The molecule has 0 aliphatic carbocycles. The molecule has 23 heavy (non-hydrogen) atoms. The summed E-state index contributed by atoms with van der Waals surface area (Å²) < 4.78 is 0. The Kier molecular flexibility index (Phi) is 4.05. The molecular formula is C17H16N4O2. The standard InChI is InChI=1S/C17H16N4O2/c1-2-18-15-13-8-3-4-9-14(13)20-17(21-15)19-12-7-5-6-11(10-12)16(22)23/h3-10H,2H2,1H3,(H,22,23)(H2,18,19,20,21). The van der Waals surface area contributed by atoms with Crippen LogP contribution < -0.4 is 10.6 Å². The Morgan fingerprint density at radius 1 is 1.13 bits per heavy atom. The van der Waals surface area contributed by atoms with E-state index in [0.717, 1.165) is 23.3 Å². The zero-order valence-corrected chi connectivity index (χ0v) is 12.6. The van der Waals surface area contributed by atoms with Gasteiger partial charge in [-0.05, 0) is 37.3 Å². The fraction of sp³-hybridized carbons (Fsp3) is 0.118. The second kappa shape index (κ2) is 6.31. The van der Waals surface area contributed by atoms with Gasteiger partial charge in [0.15, 0.2) is 0 Å². The van der Waals surface area contributed by atoms with Crippen LogP contribution in [-0.4, -0.2) is 27.6 Å². The molecule has 6 nitrogen and oxygen atoms in total. The summed E-state index contributed by atoms with van der Waals surface area (Å²) in [6.07, 6.45) is 0. The van der Waals surface area contributed by atoms with Crippen LogP contribution in [-0.2, 0) is 0 Å². The van der Waals surface area contributed by atoms with E-state index in [0.29, 0.717) is 11.6 Å². The molecule has 0 unspecified atom stereocenters. The lowest BCUT2D eigenvalue weighted by Gasteiger charge is -2.11. The van der Waals surface area contributed by atoms with Gasteiger partial charge in [-0.1, -0.05) is 18.2 Å². The van der Waals surface area contributed by atoms with Gasteiger partial charge in [-0.15, -0.1) is 0 Å². The first-order valence-corrected chi connectivity index (χ1v) is 7.28. The van der Waals surface area contributed by atoms with E-state index in [9.17, 15) is 4.79 Å². The number of nitrogens with zero attached hydrogens (tertiary/aromatic N) is 2.